The molecule has 0 N–H and O–H groups in total. The number of benzene rings is 11. The van der Waals surface area contributed by atoms with Crippen LogP contribution in [0.3, 0.4) is 0 Å². The number of rotatable bonds is 3. The summed E-state index contributed by atoms with van der Waals surface area (Å²) in [4.78, 5) is 2.95. The topological polar surface area (TPSA) is 0 Å². The van der Waals surface area contributed by atoms with E-state index in [1.54, 1.807) is 0 Å². The molecule has 0 radical (unpaired) electrons. The summed E-state index contributed by atoms with van der Waals surface area (Å²) in [7, 11) is -1.33. The Balaban J connectivity index is 1.28. The highest BCUT2D eigenvalue weighted by atomic mass is 32.3. The summed E-state index contributed by atoms with van der Waals surface area (Å²) < 4.78 is 0. The standard InChI is InChI=1S/C56H38S/c1-57(2)53-32-40-18-6-5-17-39(40)30-48(53)49-33-51-52(34-54(49)57)56(46-24-12-20-37-15-8-10-22-44(37)46)50-31-42(41-26-25-35-13-3-4-16-38(35)29-41)27-28-47(50)55(51)45-23-11-19-36-14-7-9-21-43(36)45/h3-34H,1-2H3. The van der Waals surface area contributed by atoms with E-state index in [2.05, 4.69) is 207 Å². The Labute approximate surface area is 334 Å². The minimum atomic E-state index is -1.33. The van der Waals surface area contributed by atoms with Gasteiger partial charge in [-0.15, -0.1) is 0 Å². The first kappa shape index (κ1) is 32.6. The first-order valence-corrected chi connectivity index (χ1v) is 22.3. The zero-order chi connectivity index (χ0) is 37.8. The molecule has 1 heterocycles. The van der Waals surface area contributed by atoms with E-state index in [-0.39, 0.29) is 0 Å². The molecule has 0 bridgehead atoms. The maximum atomic E-state index is 2.61. The lowest BCUT2D eigenvalue weighted by Gasteiger charge is -2.29. The van der Waals surface area contributed by atoms with Crippen molar-refractivity contribution in [3.63, 3.8) is 0 Å². The van der Waals surface area contributed by atoms with Gasteiger partial charge in [0.05, 0.1) is 0 Å². The highest BCUT2D eigenvalue weighted by Crippen LogP contribution is 2.69. The molecular formula is C56H38S. The van der Waals surface area contributed by atoms with Crippen molar-refractivity contribution < 1.29 is 0 Å². The lowest BCUT2D eigenvalue weighted by molar-refractivity contribution is 1.49. The van der Waals surface area contributed by atoms with Crippen LogP contribution in [0.15, 0.2) is 204 Å². The number of hydrogen-bond acceptors (Lipinski definition) is 0. The van der Waals surface area contributed by atoms with Crippen molar-refractivity contribution in [2.45, 2.75) is 9.79 Å². The zero-order valence-corrected chi connectivity index (χ0v) is 32.7. The average Bonchev–Trinajstić information content (AvgIpc) is 3.47. The third-order valence-corrected chi connectivity index (χ3v) is 15.5. The molecule has 0 atom stereocenters. The molecule has 0 nitrogen and oxygen atoms in total. The normalized spacial score (nSPS) is 13.8. The molecule has 268 valence electrons. The molecule has 1 aliphatic rings. The van der Waals surface area contributed by atoms with Crippen molar-refractivity contribution in [1.29, 1.82) is 0 Å². The van der Waals surface area contributed by atoms with Crippen molar-refractivity contribution in [2.75, 3.05) is 12.5 Å². The van der Waals surface area contributed by atoms with Crippen LogP contribution >= 0.6 is 10.0 Å². The maximum Gasteiger partial charge on any atom is 0.00220 e. The van der Waals surface area contributed by atoms with Gasteiger partial charge in [0.2, 0.25) is 0 Å². The highest BCUT2D eigenvalue weighted by Gasteiger charge is 2.34. The van der Waals surface area contributed by atoms with Crippen LogP contribution in [0.4, 0.5) is 0 Å². The fourth-order valence-corrected chi connectivity index (χ4v) is 12.4. The van der Waals surface area contributed by atoms with Crippen molar-refractivity contribution in [1.82, 2.24) is 0 Å². The summed E-state index contributed by atoms with van der Waals surface area (Å²) in [6.45, 7) is 0. The summed E-state index contributed by atoms with van der Waals surface area (Å²) in [5, 5.41) is 15.4. The SMILES string of the molecule is CS1(C)c2cc3ccccc3cc2-c2cc3c(-c4cccc5ccccc45)c4ccc(-c5ccc6ccccc6c5)cc4c(-c4cccc5ccccc45)c3cc21. The second kappa shape index (κ2) is 12.2. The Hall–Kier alpha value is -6.67. The third-order valence-electron chi connectivity index (χ3n) is 12.7. The van der Waals surface area contributed by atoms with E-state index in [9.17, 15) is 0 Å². The lowest BCUT2D eigenvalue weighted by atomic mass is 9.82. The second-order valence-corrected chi connectivity index (χ2v) is 19.6. The predicted octanol–water partition coefficient (Wildman–Crippen LogP) is 16.1. The number of hydrogen-bond donors (Lipinski definition) is 0. The van der Waals surface area contributed by atoms with Gasteiger partial charge in [0.15, 0.2) is 0 Å². The summed E-state index contributed by atoms with van der Waals surface area (Å²) in [5.41, 5.74) is 10.4. The molecule has 0 saturated heterocycles. The van der Waals surface area contributed by atoms with Gasteiger partial charge in [0.25, 0.3) is 0 Å². The van der Waals surface area contributed by atoms with Crippen LogP contribution < -0.4 is 0 Å². The smallest absolute Gasteiger partial charge is 0.00220 e. The molecule has 0 spiro atoms. The van der Waals surface area contributed by atoms with Crippen LogP contribution in [0.5, 0.6) is 0 Å². The van der Waals surface area contributed by atoms with Gasteiger partial charge in [0.1, 0.15) is 0 Å². The van der Waals surface area contributed by atoms with E-state index < -0.39 is 10.0 Å². The third kappa shape index (κ3) is 4.83. The lowest BCUT2D eigenvalue weighted by Crippen LogP contribution is -1.96. The molecule has 0 fully saturated rings. The highest BCUT2D eigenvalue weighted by molar-refractivity contribution is 8.33. The van der Waals surface area contributed by atoms with E-state index in [4.69, 9.17) is 0 Å². The van der Waals surface area contributed by atoms with Gasteiger partial charge >= 0.3 is 0 Å². The van der Waals surface area contributed by atoms with Crippen LogP contribution in [0, 0.1) is 0 Å². The molecule has 0 amide bonds. The first-order valence-electron chi connectivity index (χ1n) is 19.8. The quantitative estimate of drug-likeness (QED) is 0.158. The maximum absolute atomic E-state index is 2.61. The Kier molecular flexibility index (Phi) is 6.95. The van der Waals surface area contributed by atoms with Crippen molar-refractivity contribution in [2.24, 2.45) is 0 Å². The van der Waals surface area contributed by atoms with Crippen molar-refractivity contribution in [3.8, 4) is 44.5 Å². The second-order valence-electron chi connectivity index (χ2n) is 16.0. The molecule has 1 heteroatoms. The molecule has 11 aromatic carbocycles. The monoisotopic (exact) mass is 742 g/mol. The van der Waals surface area contributed by atoms with Gasteiger partial charge in [-0.05, 0) is 158 Å². The Morgan fingerprint density at radius 1 is 0.263 bits per heavy atom. The fraction of sp³-hybridized carbons (Fsp3) is 0.0357. The van der Waals surface area contributed by atoms with Gasteiger partial charge in [-0.1, -0.05) is 158 Å². The molecule has 0 unspecified atom stereocenters. The van der Waals surface area contributed by atoms with E-state index in [1.807, 2.05) is 0 Å². The Morgan fingerprint density at radius 3 is 1.40 bits per heavy atom. The zero-order valence-electron chi connectivity index (χ0n) is 31.9. The Morgan fingerprint density at radius 2 is 0.719 bits per heavy atom. The van der Waals surface area contributed by atoms with Gasteiger partial charge in [-0.25, -0.2) is 0 Å². The molecule has 0 aromatic heterocycles. The average molecular weight is 743 g/mol. The molecular weight excluding hydrogens is 705 g/mol. The van der Waals surface area contributed by atoms with Crippen LogP contribution in [-0.2, 0) is 0 Å². The van der Waals surface area contributed by atoms with Crippen LogP contribution in [0.2, 0.25) is 0 Å². The summed E-state index contributed by atoms with van der Waals surface area (Å²) in [6.07, 6.45) is 5.00. The van der Waals surface area contributed by atoms with E-state index >= 15 is 0 Å². The fourth-order valence-electron chi connectivity index (χ4n) is 9.87. The number of fused-ring (bicyclic) bond motifs is 9. The van der Waals surface area contributed by atoms with E-state index in [1.165, 1.54) is 119 Å². The largest absolute Gasteiger partial charge is 0.192 e. The van der Waals surface area contributed by atoms with E-state index in [0.29, 0.717) is 0 Å². The van der Waals surface area contributed by atoms with Crippen molar-refractivity contribution in [3.05, 3.63) is 194 Å². The molecule has 0 saturated carbocycles. The first-order chi connectivity index (χ1) is 28.0. The van der Waals surface area contributed by atoms with Crippen LogP contribution in [-0.4, -0.2) is 12.5 Å². The Bertz CT molecular complexity index is 3490. The van der Waals surface area contributed by atoms with Gasteiger partial charge in [0, 0.05) is 9.79 Å². The summed E-state index contributed by atoms with van der Waals surface area (Å²) in [5.74, 6) is 0. The molecule has 11 aromatic rings. The molecule has 1 aliphatic heterocycles. The van der Waals surface area contributed by atoms with Crippen LogP contribution in [0.25, 0.3) is 109 Å². The van der Waals surface area contributed by atoms with Gasteiger partial charge in [-0.3, -0.25) is 0 Å². The molecule has 12 rings (SSSR count). The van der Waals surface area contributed by atoms with Crippen molar-refractivity contribution >= 4 is 74.7 Å². The minimum absolute atomic E-state index is 1.23. The minimum Gasteiger partial charge on any atom is -0.192 e. The molecule has 0 aliphatic carbocycles. The summed E-state index contributed by atoms with van der Waals surface area (Å²) in [6, 6.07) is 73.2. The molecule has 57 heavy (non-hydrogen) atoms. The summed E-state index contributed by atoms with van der Waals surface area (Å²) >= 11 is 0. The van der Waals surface area contributed by atoms with Crippen LogP contribution in [0.1, 0.15) is 0 Å². The van der Waals surface area contributed by atoms with E-state index in [0.717, 1.165) is 0 Å². The predicted molar refractivity (Wildman–Crippen MR) is 249 cm³/mol. The van der Waals surface area contributed by atoms with Gasteiger partial charge < -0.3 is 0 Å². The van der Waals surface area contributed by atoms with Gasteiger partial charge in [-0.2, -0.15) is 10.0 Å².